The van der Waals surface area contributed by atoms with Crippen molar-refractivity contribution in [3.63, 3.8) is 0 Å². The molecule has 1 aromatic heterocycles. The molecule has 0 saturated carbocycles. The maximum Gasteiger partial charge on any atom is 0.407 e. The van der Waals surface area contributed by atoms with E-state index in [0.717, 1.165) is 12.1 Å². The van der Waals surface area contributed by atoms with Crippen LogP contribution in [0, 0.1) is 34.3 Å². The van der Waals surface area contributed by atoms with Gasteiger partial charge in [0.05, 0.1) is 23.5 Å². The molecular formula is C37H44F2N6O4. The molecule has 0 aliphatic carbocycles. The molecule has 49 heavy (non-hydrogen) atoms. The number of hydrogen-bond donors (Lipinski definition) is 3. The van der Waals surface area contributed by atoms with Gasteiger partial charge in [-0.1, -0.05) is 26.0 Å². The van der Waals surface area contributed by atoms with Crippen LogP contribution in [0.25, 0.3) is 11.1 Å². The van der Waals surface area contributed by atoms with E-state index in [9.17, 15) is 23.6 Å². The van der Waals surface area contributed by atoms with Gasteiger partial charge in [-0.2, -0.15) is 5.26 Å². The number of rotatable bonds is 12. The van der Waals surface area contributed by atoms with E-state index >= 15 is 0 Å². The number of alkyl carbamates (subject to hydrolysis) is 1. The SMILES string of the molecule is CC(C)Cc1nc(NC(C)CCC(C)NC(=O)OC(C)(C)C)c(C=N)c(-c2ccc3c(c2)OCC(=O)N3Cc2ccc(F)c(F)c2)c1C#N. The van der Waals surface area contributed by atoms with Crippen LogP contribution in [0.4, 0.5) is 25.1 Å². The van der Waals surface area contributed by atoms with E-state index in [0.29, 0.717) is 70.0 Å². The third-order valence-electron chi connectivity index (χ3n) is 7.86. The first kappa shape index (κ1) is 36.8. The monoisotopic (exact) mass is 674 g/mol. The third-order valence-corrected chi connectivity index (χ3v) is 7.86. The minimum atomic E-state index is -1.00. The lowest BCUT2D eigenvalue weighted by molar-refractivity contribution is -0.121. The van der Waals surface area contributed by atoms with Crippen molar-refractivity contribution >= 4 is 29.7 Å². The van der Waals surface area contributed by atoms with Crippen LogP contribution in [0.3, 0.4) is 0 Å². The number of carbonyl (C=O) groups excluding carboxylic acids is 2. The Morgan fingerprint density at radius 2 is 1.84 bits per heavy atom. The average molecular weight is 675 g/mol. The number of nitrogens with one attached hydrogen (secondary N) is 3. The zero-order valence-electron chi connectivity index (χ0n) is 29.0. The van der Waals surface area contributed by atoms with E-state index in [1.54, 1.807) is 18.2 Å². The topological polar surface area (TPSA) is 140 Å². The van der Waals surface area contributed by atoms with Crippen LogP contribution in [-0.4, -0.2) is 47.5 Å². The number of nitriles is 1. The number of ether oxygens (including phenoxy) is 2. The Morgan fingerprint density at radius 3 is 2.47 bits per heavy atom. The Balaban J connectivity index is 1.67. The Hall–Kier alpha value is -5.05. The summed E-state index contributed by atoms with van der Waals surface area (Å²) in [6.45, 7) is 13.1. The first-order chi connectivity index (χ1) is 23.1. The van der Waals surface area contributed by atoms with E-state index in [1.165, 1.54) is 17.2 Å². The van der Waals surface area contributed by atoms with Crippen molar-refractivity contribution in [3.05, 3.63) is 70.4 Å². The molecule has 3 N–H and O–H groups in total. The van der Waals surface area contributed by atoms with Crippen LogP contribution in [0.5, 0.6) is 5.75 Å². The molecule has 1 aliphatic rings. The van der Waals surface area contributed by atoms with Gasteiger partial charge in [-0.15, -0.1) is 0 Å². The van der Waals surface area contributed by atoms with E-state index in [1.807, 2.05) is 48.5 Å². The molecule has 0 saturated heterocycles. The molecule has 2 unspecified atom stereocenters. The number of benzene rings is 2. The average Bonchev–Trinajstić information content (AvgIpc) is 3.01. The second-order valence-corrected chi connectivity index (χ2v) is 13.8. The van der Waals surface area contributed by atoms with Crippen LogP contribution >= 0.6 is 0 Å². The Labute approximate surface area is 286 Å². The fourth-order valence-corrected chi connectivity index (χ4v) is 5.59. The lowest BCUT2D eigenvalue weighted by Gasteiger charge is -2.30. The van der Waals surface area contributed by atoms with Gasteiger partial charge in [0.1, 0.15) is 23.2 Å². The lowest BCUT2D eigenvalue weighted by atomic mass is 9.91. The summed E-state index contributed by atoms with van der Waals surface area (Å²) in [7, 11) is 0. The Morgan fingerprint density at radius 1 is 1.12 bits per heavy atom. The molecule has 2 aromatic carbocycles. The van der Waals surface area contributed by atoms with Gasteiger partial charge < -0.3 is 30.4 Å². The summed E-state index contributed by atoms with van der Waals surface area (Å²) in [5.41, 5.74) is 2.70. The number of anilines is 2. The lowest BCUT2D eigenvalue weighted by Crippen LogP contribution is -2.38. The van der Waals surface area contributed by atoms with E-state index in [2.05, 4.69) is 16.7 Å². The van der Waals surface area contributed by atoms with Crippen molar-refractivity contribution in [2.45, 2.75) is 92.0 Å². The summed E-state index contributed by atoms with van der Waals surface area (Å²) >= 11 is 0. The minimum Gasteiger partial charge on any atom is -0.482 e. The molecule has 2 amide bonds. The summed E-state index contributed by atoms with van der Waals surface area (Å²) in [4.78, 5) is 31.4. The second kappa shape index (κ2) is 15.4. The molecular weight excluding hydrogens is 630 g/mol. The largest absolute Gasteiger partial charge is 0.482 e. The highest BCUT2D eigenvalue weighted by molar-refractivity contribution is 6.00. The van der Waals surface area contributed by atoms with Gasteiger partial charge in [-0.3, -0.25) is 4.79 Å². The normalized spacial score (nSPS) is 14.0. The Bertz CT molecular complexity index is 1760. The molecule has 0 bridgehead atoms. The van der Waals surface area contributed by atoms with Crippen LogP contribution in [-0.2, 0) is 22.5 Å². The maximum atomic E-state index is 13.9. The molecule has 12 heteroatoms. The predicted octanol–water partition coefficient (Wildman–Crippen LogP) is 7.51. The van der Waals surface area contributed by atoms with Crippen molar-refractivity contribution in [2.24, 2.45) is 5.92 Å². The predicted molar refractivity (Wildman–Crippen MR) is 185 cm³/mol. The second-order valence-electron chi connectivity index (χ2n) is 13.8. The van der Waals surface area contributed by atoms with Gasteiger partial charge in [-0.05, 0) is 95.2 Å². The first-order valence-corrected chi connectivity index (χ1v) is 16.3. The van der Waals surface area contributed by atoms with Gasteiger partial charge in [0, 0.05) is 29.4 Å². The van der Waals surface area contributed by atoms with Gasteiger partial charge >= 0.3 is 6.09 Å². The van der Waals surface area contributed by atoms with Gasteiger partial charge in [-0.25, -0.2) is 18.6 Å². The Kier molecular flexibility index (Phi) is 11.6. The molecule has 0 spiro atoms. The third kappa shape index (κ3) is 9.31. The number of halogens is 2. The standard InChI is InChI=1S/C37H44F2N6O4/c1-21(2)14-30-26(17-40)34(27(18-41)35(44-30)42-22(3)8-9-23(4)43-36(47)49-37(5,6)7)25-11-13-31-32(16-25)48-20-33(46)45(31)19-24-10-12-28(38)29(39)15-24/h10-13,15-16,18,21-23,41H,8-9,14,19-20H2,1-7H3,(H,42,44)(H,43,47). The zero-order valence-corrected chi connectivity index (χ0v) is 29.0. The van der Waals surface area contributed by atoms with Crippen LogP contribution in [0.1, 0.15) is 83.7 Å². The van der Waals surface area contributed by atoms with Crippen LogP contribution < -0.4 is 20.3 Å². The fraction of sp³-hybridized carbons (Fsp3) is 0.432. The molecule has 2 heterocycles. The van der Waals surface area contributed by atoms with E-state index < -0.39 is 23.3 Å². The van der Waals surface area contributed by atoms with Crippen molar-refractivity contribution in [1.82, 2.24) is 10.3 Å². The van der Waals surface area contributed by atoms with E-state index in [-0.39, 0.29) is 37.1 Å². The van der Waals surface area contributed by atoms with Crippen molar-refractivity contribution in [2.75, 3.05) is 16.8 Å². The molecule has 3 aromatic rings. The first-order valence-electron chi connectivity index (χ1n) is 16.3. The van der Waals surface area contributed by atoms with Gasteiger partial charge in [0.2, 0.25) is 0 Å². The summed E-state index contributed by atoms with van der Waals surface area (Å²) in [6, 6.07) is 10.7. The summed E-state index contributed by atoms with van der Waals surface area (Å²) < 4.78 is 38.6. The molecule has 4 rings (SSSR count). The zero-order chi connectivity index (χ0) is 36.0. The van der Waals surface area contributed by atoms with Gasteiger partial charge in [0.25, 0.3) is 5.91 Å². The summed E-state index contributed by atoms with van der Waals surface area (Å²) in [5, 5.41) is 25.1. The molecule has 0 fully saturated rings. The number of carbonyl (C=O) groups is 2. The number of pyridine rings is 1. The van der Waals surface area contributed by atoms with Crippen molar-refractivity contribution < 1.29 is 27.8 Å². The van der Waals surface area contributed by atoms with Crippen LogP contribution in [0.2, 0.25) is 0 Å². The number of nitrogens with zero attached hydrogens (tertiary/aromatic N) is 3. The maximum absolute atomic E-state index is 13.9. The summed E-state index contributed by atoms with van der Waals surface area (Å²) in [5.74, 6) is -1.31. The number of hydrogen-bond acceptors (Lipinski definition) is 8. The number of amides is 2. The summed E-state index contributed by atoms with van der Waals surface area (Å²) in [6.07, 6.45) is 2.53. The van der Waals surface area contributed by atoms with Crippen molar-refractivity contribution in [3.8, 4) is 22.9 Å². The van der Waals surface area contributed by atoms with Crippen molar-refractivity contribution in [1.29, 1.82) is 10.7 Å². The highest BCUT2D eigenvalue weighted by Gasteiger charge is 2.28. The van der Waals surface area contributed by atoms with E-state index in [4.69, 9.17) is 19.9 Å². The molecule has 10 nitrogen and oxygen atoms in total. The van der Waals surface area contributed by atoms with Gasteiger partial charge in [0.15, 0.2) is 18.2 Å². The highest BCUT2D eigenvalue weighted by atomic mass is 19.2. The van der Waals surface area contributed by atoms with Crippen LogP contribution in [0.15, 0.2) is 36.4 Å². The number of fused-ring (bicyclic) bond motifs is 1. The molecule has 0 radical (unpaired) electrons. The highest BCUT2D eigenvalue weighted by Crippen LogP contribution is 2.40. The number of aromatic nitrogens is 1. The molecule has 260 valence electrons. The molecule has 1 aliphatic heterocycles. The minimum absolute atomic E-state index is 0.00654. The quantitative estimate of drug-likeness (QED) is 0.169. The smallest absolute Gasteiger partial charge is 0.407 e. The molecule has 2 atom stereocenters. The fourth-order valence-electron chi connectivity index (χ4n) is 5.59.